The molecule has 0 bridgehead atoms. The zero-order valence-corrected chi connectivity index (χ0v) is 10.9. The highest BCUT2D eigenvalue weighted by atomic mass is 16.5. The molecule has 18 heavy (non-hydrogen) atoms. The van der Waals surface area contributed by atoms with Gasteiger partial charge in [-0.05, 0) is 18.8 Å². The van der Waals surface area contributed by atoms with E-state index in [9.17, 15) is 9.59 Å². The van der Waals surface area contributed by atoms with Crippen LogP contribution in [0.1, 0.15) is 32.1 Å². The molecule has 0 aromatic heterocycles. The van der Waals surface area contributed by atoms with Crippen molar-refractivity contribution in [1.29, 1.82) is 0 Å². The van der Waals surface area contributed by atoms with Crippen LogP contribution in [0.4, 0.5) is 0 Å². The van der Waals surface area contributed by atoms with Crippen molar-refractivity contribution >= 4 is 11.9 Å². The topological polar surface area (TPSA) is 55.8 Å². The molecule has 0 radical (unpaired) electrons. The maximum absolute atomic E-state index is 12.2. The Balaban J connectivity index is 1.94. The van der Waals surface area contributed by atoms with Crippen LogP contribution in [-0.4, -0.2) is 49.7 Å². The average Bonchev–Trinajstić information content (AvgIpc) is 2.90. The molecular formula is C13H21NO4. The van der Waals surface area contributed by atoms with E-state index in [1.54, 1.807) is 4.90 Å². The van der Waals surface area contributed by atoms with Crippen LogP contribution in [0.15, 0.2) is 0 Å². The van der Waals surface area contributed by atoms with E-state index in [2.05, 4.69) is 0 Å². The lowest BCUT2D eigenvalue weighted by atomic mass is 10.0. The first kappa shape index (κ1) is 13.3. The number of hydrogen-bond donors (Lipinski definition) is 0. The summed E-state index contributed by atoms with van der Waals surface area (Å²) in [4.78, 5) is 25.5. The first-order valence-corrected chi connectivity index (χ1v) is 6.67. The minimum atomic E-state index is -0.558. The fraction of sp³-hybridized carbons (Fsp3) is 0.846. The summed E-state index contributed by atoms with van der Waals surface area (Å²) in [6.45, 7) is 1.25. The van der Waals surface area contributed by atoms with Gasteiger partial charge in [0.1, 0.15) is 0 Å². The number of nitrogens with zero attached hydrogens (tertiary/aromatic N) is 1. The molecule has 5 heteroatoms. The molecule has 1 saturated heterocycles. The van der Waals surface area contributed by atoms with Crippen LogP contribution in [0, 0.1) is 5.92 Å². The number of methoxy groups -OCH3 is 1. The molecule has 0 aromatic rings. The molecule has 1 saturated carbocycles. The van der Waals surface area contributed by atoms with Gasteiger partial charge >= 0.3 is 5.97 Å². The summed E-state index contributed by atoms with van der Waals surface area (Å²) in [6.07, 6.45) is 5.29. The third-order valence-corrected chi connectivity index (χ3v) is 3.86. The van der Waals surface area contributed by atoms with Crippen LogP contribution >= 0.6 is 0 Å². The molecule has 5 nitrogen and oxygen atoms in total. The molecule has 0 spiro atoms. The van der Waals surface area contributed by atoms with Gasteiger partial charge < -0.3 is 14.4 Å². The number of amides is 1. The number of esters is 1. The third kappa shape index (κ3) is 3.02. The summed E-state index contributed by atoms with van der Waals surface area (Å²) >= 11 is 0. The summed E-state index contributed by atoms with van der Waals surface area (Å²) in [5.74, 6) is 0.189. The molecule has 1 heterocycles. The van der Waals surface area contributed by atoms with Gasteiger partial charge in [0.05, 0.1) is 20.3 Å². The van der Waals surface area contributed by atoms with Gasteiger partial charge in [-0.3, -0.25) is 4.79 Å². The Morgan fingerprint density at radius 1 is 1.33 bits per heavy atom. The van der Waals surface area contributed by atoms with E-state index in [-0.39, 0.29) is 18.5 Å². The first-order chi connectivity index (χ1) is 8.72. The zero-order valence-electron chi connectivity index (χ0n) is 10.9. The van der Waals surface area contributed by atoms with Gasteiger partial charge in [-0.15, -0.1) is 0 Å². The lowest BCUT2D eigenvalue weighted by Gasteiger charge is -2.34. The van der Waals surface area contributed by atoms with Crippen molar-refractivity contribution in [1.82, 2.24) is 4.90 Å². The lowest BCUT2D eigenvalue weighted by Crippen LogP contribution is -2.53. The Kier molecular flexibility index (Phi) is 4.58. The van der Waals surface area contributed by atoms with E-state index in [0.717, 1.165) is 12.8 Å². The number of rotatable bonds is 3. The highest BCUT2D eigenvalue weighted by Crippen LogP contribution is 2.28. The molecule has 2 aliphatic rings. The molecule has 1 atom stereocenters. The molecule has 0 aromatic carbocycles. The van der Waals surface area contributed by atoms with E-state index in [4.69, 9.17) is 9.47 Å². The van der Waals surface area contributed by atoms with Crippen molar-refractivity contribution < 1.29 is 19.1 Å². The predicted octanol–water partition coefficient (Wildman–Crippen LogP) is 0.967. The van der Waals surface area contributed by atoms with Crippen molar-refractivity contribution in [2.75, 3.05) is 26.9 Å². The average molecular weight is 255 g/mol. The normalized spacial score (nSPS) is 25.2. The lowest BCUT2D eigenvalue weighted by molar-refractivity contribution is -0.161. The second-order valence-electron chi connectivity index (χ2n) is 5.06. The molecule has 1 amide bonds. The number of hydrogen-bond acceptors (Lipinski definition) is 4. The van der Waals surface area contributed by atoms with Gasteiger partial charge in [0.15, 0.2) is 6.04 Å². The summed E-state index contributed by atoms with van der Waals surface area (Å²) in [7, 11) is 1.34. The Labute approximate surface area is 107 Å². The monoisotopic (exact) mass is 255 g/mol. The maximum Gasteiger partial charge on any atom is 0.331 e. The summed E-state index contributed by atoms with van der Waals surface area (Å²) in [5, 5.41) is 0. The Hall–Kier alpha value is -1.10. The van der Waals surface area contributed by atoms with Crippen LogP contribution in [0.3, 0.4) is 0 Å². The molecule has 102 valence electrons. The summed E-state index contributed by atoms with van der Waals surface area (Å²) in [5.41, 5.74) is 0. The quantitative estimate of drug-likeness (QED) is 0.705. The first-order valence-electron chi connectivity index (χ1n) is 6.67. The molecule has 1 unspecified atom stereocenters. The summed E-state index contributed by atoms with van der Waals surface area (Å²) < 4.78 is 9.99. The van der Waals surface area contributed by atoms with E-state index in [0.29, 0.717) is 25.5 Å². The van der Waals surface area contributed by atoms with Gasteiger partial charge in [0.2, 0.25) is 5.91 Å². The highest BCUT2D eigenvalue weighted by Gasteiger charge is 2.34. The van der Waals surface area contributed by atoms with Gasteiger partial charge in [0.25, 0.3) is 0 Å². The minimum Gasteiger partial charge on any atom is -0.467 e. The number of carbonyl (C=O) groups is 2. The van der Waals surface area contributed by atoms with Crippen LogP contribution < -0.4 is 0 Å². The largest absolute Gasteiger partial charge is 0.467 e. The fourth-order valence-electron chi connectivity index (χ4n) is 2.81. The Bertz CT molecular complexity index is 312. The number of ether oxygens (including phenoxy) is 2. The van der Waals surface area contributed by atoms with E-state index in [1.807, 2.05) is 0 Å². The van der Waals surface area contributed by atoms with Gasteiger partial charge in [0, 0.05) is 13.0 Å². The van der Waals surface area contributed by atoms with Crippen molar-refractivity contribution in [3.63, 3.8) is 0 Å². The smallest absolute Gasteiger partial charge is 0.331 e. The molecule has 1 aliphatic carbocycles. The minimum absolute atomic E-state index is 0.0700. The Morgan fingerprint density at radius 3 is 2.72 bits per heavy atom. The van der Waals surface area contributed by atoms with Gasteiger partial charge in [-0.2, -0.15) is 0 Å². The third-order valence-electron chi connectivity index (χ3n) is 3.86. The van der Waals surface area contributed by atoms with Crippen LogP contribution in [0.5, 0.6) is 0 Å². The van der Waals surface area contributed by atoms with E-state index in [1.165, 1.54) is 20.0 Å². The van der Waals surface area contributed by atoms with Crippen LogP contribution in [-0.2, 0) is 19.1 Å². The van der Waals surface area contributed by atoms with Crippen molar-refractivity contribution in [2.45, 2.75) is 38.1 Å². The van der Waals surface area contributed by atoms with Crippen LogP contribution in [0.25, 0.3) is 0 Å². The fourth-order valence-corrected chi connectivity index (χ4v) is 2.81. The second-order valence-corrected chi connectivity index (χ2v) is 5.06. The molecule has 2 fully saturated rings. The standard InChI is InChI=1S/C13H21NO4/c1-17-13(16)11-9-18-7-6-14(11)12(15)8-10-4-2-3-5-10/h10-11H,2-9H2,1H3. The molecule has 1 aliphatic heterocycles. The van der Waals surface area contributed by atoms with Crippen LogP contribution in [0.2, 0.25) is 0 Å². The second kappa shape index (κ2) is 6.18. The molecular weight excluding hydrogens is 234 g/mol. The van der Waals surface area contributed by atoms with Gasteiger partial charge in [-0.25, -0.2) is 4.79 Å². The number of morpholine rings is 1. The predicted molar refractivity (Wildman–Crippen MR) is 64.9 cm³/mol. The van der Waals surface area contributed by atoms with Gasteiger partial charge in [-0.1, -0.05) is 12.8 Å². The SMILES string of the molecule is COC(=O)C1COCCN1C(=O)CC1CCCC1. The van der Waals surface area contributed by atoms with Crippen molar-refractivity contribution in [3.8, 4) is 0 Å². The molecule has 0 N–H and O–H groups in total. The number of carbonyl (C=O) groups excluding carboxylic acids is 2. The highest BCUT2D eigenvalue weighted by molar-refractivity contribution is 5.85. The Morgan fingerprint density at radius 2 is 2.06 bits per heavy atom. The van der Waals surface area contributed by atoms with Crippen molar-refractivity contribution in [3.05, 3.63) is 0 Å². The summed E-state index contributed by atoms with van der Waals surface area (Å²) in [6, 6.07) is -0.558. The zero-order chi connectivity index (χ0) is 13.0. The van der Waals surface area contributed by atoms with E-state index < -0.39 is 6.04 Å². The maximum atomic E-state index is 12.2. The molecule has 2 rings (SSSR count). The van der Waals surface area contributed by atoms with E-state index >= 15 is 0 Å². The van der Waals surface area contributed by atoms with Crippen molar-refractivity contribution in [2.24, 2.45) is 5.92 Å².